The third-order valence-corrected chi connectivity index (χ3v) is 4.93. The van der Waals surface area contributed by atoms with E-state index in [1.54, 1.807) is 18.2 Å². The molecule has 6 nitrogen and oxygen atoms in total. The highest BCUT2D eigenvalue weighted by atomic mass is 19.1. The first-order chi connectivity index (χ1) is 13.5. The van der Waals surface area contributed by atoms with Gasteiger partial charge in [-0.1, -0.05) is 12.1 Å². The summed E-state index contributed by atoms with van der Waals surface area (Å²) < 4.78 is 35.3. The van der Waals surface area contributed by atoms with Crippen molar-refractivity contribution in [1.82, 2.24) is 14.7 Å². The van der Waals surface area contributed by atoms with Gasteiger partial charge >= 0.3 is 6.09 Å². The number of halogens is 2. The van der Waals surface area contributed by atoms with Gasteiger partial charge in [0.15, 0.2) is 0 Å². The molecule has 1 atom stereocenters. The van der Waals surface area contributed by atoms with Crippen molar-refractivity contribution >= 4 is 17.0 Å². The average molecular weight is 387 g/mol. The zero-order chi connectivity index (χ0) is 19.7. The molecule has 0 aliphatic carbocycles. The van der Waals surface area contributed by atoms with Crippen LogP contribution in [0.15, 0.2) is 42.5 Å². The Bertz CT molecular complexity index is 1020. The van der Waals surface area contributed by atoms with Crippen LogP contribution in [0.25, 0.3) is 16.6 Å². The summed E-state index contributed by atoms with van der Waals surface area (Å²) in [7, 11) is 0. The zero-order valence-electron chi connectivity index (χ0n) is 15.0. The molecule has 1 aliphatic heterocycles. The molecule has 1 saturated heterocycles. The number of para-hydroxylation sites is 1. The number of aromatic nitrogens is 2. The SMILES string of the molecule is O=C(O)N1CCCC(COc2nn(-c3ccccc3F)c3ccc(F)cc23)C1. The molecule has 1 aromatic heterocycles. The van der Waals surface area contributed by atoms with Crippen LogP contribution in [-0.4, -0.2) is 45.6 Å². The van der Waals surface area contributed by atoms with Crippen molar-refractivity contribution in [3.63, 3.8) is 0 Å². The van der Waals surface area contributed by atoms with Crippen molar-refractivity contribution in [2.24, 2.45) is 5.92 Å². The van der Waals surface area contributed by atoms with Crippen LogP contribution in [0.5, 0.6) is 5.88 Å². The second kappa shape index (κ2) is 7.46. The highest BCUT2D eigenvalue weighted by Crippen LogP contribution is 2.30. The molecular weight excluding hydrogens is 368 g/mol. The maximum atomic E-state index is 14.3. The molecule has 28 heavy (non-hydrogen) atoms. The number of hydrogen-bond acceptors (Lipinski definition) is 3. The number of ether oxygens (including phenoxy) is 1. The quantitative estimate of drug-likeness (QED) is 0.733. The van der Waals surface area contributed by atoms with E-state index in [0.29, 0.717) is 24.0 Å². The Labute approximate surface area is 159 Å². The Morgan fingerprint density at radius 1 is 1.25 bits per heavy atom. The van der Waals surface area contributed by atoms with Gasteiger partial charge in [-0.3, -0.25) is 0 Å². The molecular formula is C20H19F2N3O3. The number of carbonyl (C=O) groups is 1. The first-order valence-electron chi connectivity index (χ1n) is 9.07. The van der Waals surface area contributed by atoms with E-state index in [2.05, 4.69) is 5.10 Å². The molecule has 1 N–H and O–H groups in total. The molecule has 1 amide bonds. The number of amides is 1. The Balaban J connectivity index is 1.63. The van der Waals surface area contributed by atoms with Gasteiger partial charge in [0.05, 0.1) is 17.5 Å². The van der Waals surface area contributed by atoms with E-state index in [0.717, 1.165) is 12.8 Å². The summed E-state index contributed by atoms with van der Waals surface area (Å²) >= 11 is 0. The van der Waals surface area contributed by atoms with E-state index in [1.165, 1.54) is 33.8 Å². The summed E-state index contributed by atoms with van der Waals surface area (Å²) in [5.74, 6) is -0.676. The van der Waals surface area contributed by atoms with Gasteiger partial charge in [-0.25, -0.2) is 18.3 Å². The maximum Gasteiger partial charge on any atom is 0.407 e. The molecule has 146 valence electrons. The second-order valence-electron chi connectivity index (χ2n) is 6.88. The molecule has 1 unspecified atom stereocenters. The van der Waals surface area contributed by atoms with Gasteiger partial charge < -0.3 is 14.7 Å². The number of likely N-dealkylation sites (tertiary alicyclic amines) is 1. The first kappa shape index (κ1) is 18.2. The summed E-state index contributed by atoms with van der Waals surface area (Å²) in [6.07, 6.45) is 0.657. The fourth-order valence-corrected chi connectivity index (χ4v) is 3.55. The van der Waals surface area contributed by atoms with Gasteiger partial charge in [0.25, 0.3) is 0 Å². The van der Waals surface area contributed by atoms with Crippen LogP contribution in [-0.2, 0) is 0 Å². The Hall–Kier alpha value is -3.16. The van der Waals surface area contributed by atoms with Crippen LogP contribution in [0, 0.1) is 17.6 Å². The number of piperidine rings is 1. The number of benzene rings is 2. The van der Waals surface area contributed by atoms with E-state index in [1.807, 2.05) is 0 Å². The first-order valence-corrected chi connectivity index (χ1v) is 9.07. The smallest absolute Gasteiger partial charge is 0.407 e. The molecule has 0 spiro atoms. The Morgan fingerprint density at radius 2 is 2.07 bits per heavy atom. The van der Waals surface area contributed by atoms with E-state index >= 15 is 0 Å². The van der Waals surface area contributed by atoms with Crippen molar-refractivity contribution in [3.05, 3.63) is 54.1 Å². The summed E-state index contributed by atoms with van der Waals surface area (Å²) in [6.45, 7) is 1.15. The lowest BCUT2D eigenvalue weighted by Gasteiger charge is -2.30. The van der Waals surface area contributed by atoms with Crippen molar-refractivity contribution in [1.29, 1.82) is 0 Å². The minimum Gasteiger partial charge on any atom is -0.476 e. The standard InChI is InChI=1S/C20H19F2N3O3/c21-14-7-8-17-15(10-14)19(23-25(17)18-6-2-1-5-16(18)22)28-12-13-4-3-9-24(11-13)20(26)27/h1-2,5-8,10,13H,3-4,9,11-12H2,(H,26,27). The number of carboxylic acid groups (broad SMARTS) is 1. The third-order valence-electron chi connectivity index (χ3n) is 4.93. The van der Waals surface area contributed by atoms with Crippen LogP contribution in [0.4, 0.5) is 13.6 Å². The molecule has 4 rings (SSSR count). The summed E-state index contributed by atoms with van der Waals surface area (Å²) in [5, 5.41) is 14.0. The fraction of sp³-hybridized carbons (Fsp3) is 0.300. The van der Waals surface area contributed by atoms with Crippen molar-refractivity contribution in [2.75, 3.05) is 19.7 Å². The topological polar surface area (TPSA) is 67.6 Å². The summed E-state index contributed by atoms with van der Waals surface area (Å²) in [6, 6.07) is 10.3. The average Bonchev–Trinajstić information content (AvgIpc) is 3.04. The van der Waals surface area contributed by atoms with Gasteiger partial charge in [0.1, 0.15) is 17.3 Å². The molecule has 0 bridgehead atoms. The summed E-state index contributed by atoms with van der Waals surface area (Å²) in [4.78, 5) is 12.5. The van der Waals surface area contributed by atoms with Gasteiger partial charge in [-0.2, -0.15) is 0 Å². The van der Waals surface area contributed by atoms with Crippen LogP contribution in [0.1, 0.15) is 12.8 Å². The van der Waals surface area contributed by atoms with Gasteiger partial charge in [-0.05, 0) is 43.2 Å². The van der Waals surface area contributed by atoms with E-state index < -0.39 is 17.7 Å². The molecule has 3 aromatic rings. The predicted octanol–water partition coefficient (Wildman–Crippen LogP) is 4.07. The van der Waals surface area contributed by atoms with Crippen LogP contribution < -0.4 is 4.74 Å². The molecule has 2 aromatic carbocycles. The van der Waals surface area contributed by atoms with E-state index in [4.69, 9.17) is 9.84 Å². The van der Waals surface area contributed by atoms with Crippen molar-refractivity contribution < 1.29 is 23.4 Å². The molecule has 0 radical (unpaired) electrons. The largest absolute Gasteiger partial charge is 0.476 e. The molecule has 8 heteroatoms. The molecule has 1 aliphatic rings. The lowest BCUT2D eigenvalue weighted by molar-refractivity contribution is 0.104. The third kappa shape index (κ3) is 3.49. The Morgan fingerprint density at radius 3 is 2.86 bits per heavy atom. The highest BCUT2D eigenvalue weighted by molar-refractivity contribution is 5.86. The number of rotatable bonds is 4. The lowest BCUT2D eigenvalue weighted by Crippen LogP contribution is -2.40. The molecule has 0 saturated carbocycles. The molecule has 1 fully saturated rings. The van der Waals surface area contributed by atoms with Gasteiger partial charge in [0, 0.05) is 19.0 Å². The van der Waals surface area contributed by atoms with Crippen LogP contribution >= 0.6 is 0 Å². The van der Waals surface area contributed by atoms with Gasteiger partial charge in [0.2, 0.25) is 5.88 Å². The number of hydrogen-bond donors (Lipinski definition) is 1. The van der Waals surface area contributed by atoms with Crippen molar-refractivity contribution in [2.45, 2.75) is 12.8 Å². The van der Waals surface area contributed by atoms with Crippen LogP contribution in [0.3, 0.4) is 0 Å². The lowest BCUT2D eigenvalue weighted by atomic mass is 9.99. The number of fused-ring (bicyclic) bond motifs is 1. The fourth-order valence-electron chi connectivity index (χ4n) is 3.55. The second-order valence-corrected chi connectivity index (χ2v) is 6.88. The predicted molar refractivity (Wildman–Crippen MR) is 98.8 cm³/mol. The zero-order valence-corrected chi connectivity index (χ0v) is 15.0. The summed E-state index contributed by atoms with van der Waals surface area (Å²) in [5.41, 5.74) is 0.765. The normalized spacial score (nSPS) is 17.1. The number of nitrogens with zero attached hydrogens (tertiary/aromatic N) is 3. The van der Waals surface area contributed by atoms with Crippen molar-refractivity contribution in [3.8, 4) is 11.6 Å². The minimum absolute atomic E-state index is 0.0204. The monoisotopic (exact) mass is 387 g/mol. The maximum absolute atomic E-state index is 14.3. The molecule has 2 heterocycles. The van der Waals surface area contributed by atoms with Gasteiger partial charge in [-0.15, -0.1) is 5.10 Å². The van der Waals surface area contributed by atoms with E-state index in [9.17, 15) is 13.6 Å². The van der Waals surface area contributed by atoms with Crippen LogP contribution in [0.2, 0.25) is 0 Å². The van der Waals surface area contributed by atoms with E-state index in [-0.39, 0.29) is 24.1 Å². The Kier molecular flexibility index (Phi) is 4.85. The minimum atomic E-state index is -0.943. The highest BCUT2D eigenvalue weighted by Gasteiger charge is 2.24.